The number of likely N-dealkylation sites (N-methyl/N-ethyl adjacent to an activating group) is 1. The summed E-state index contributed by atoms with van der Waals surface area (Å²) in [5, 5.41) is 7.47. The summed E-state index contributed by atoms with van der Waals surface area (Å²) in [6.45, 7) is 0.786. The lowest BCUT2D eigenvalue weighted by Gasteiger charge is -2.07. The van der Waals surface area contributed by atoms with Crippen LogP contribution in [0.2, 0.25) is 0 Å². The molecule has 0 fully saturated rings. The summed E-state index contributed by atoms with van der Waals surface area (Å²) < 4.78 is 13.8. The highest BCUT2D eigenvalue weighted by molar-refractivity contribution is 7.13. The smallest absolute Gasteiger partial charge is 0.233 e. The Kier molecular flexibility index (Phi) is 4.65. The maximum atomic E-state index is 13.8. The zero-order valence-electron chi connectivity index (χ0n) is 10.6. The molecule has 3 nitrogen and oxygen atoms in total. The fourth-order valence-electron chi connectivity index (χ4n) is 1.71. The summed E-state index contributed by atoms with van der Waals surface area (Å²) in [5.41, 5.74) is 1.56. The molecule has 0 aliphatic carbocycles. The number of benzene rings is 1. The van der Waals surface area contributed by atoms with Gasteiger partial charge in [0.25, 0.3) is 0 Å². The number of nitrogens with one attached hydrogen (secondary N) is 2. The van der Waals surface area contributed by atoms with Gasteiger partial charge >= 0.3 is 0 Å². The Labute approximate surface area is 115 Å². The maximum absolute atomic E-state index is 13.8. The van der Waals surface area contributed by atoms with Gasteiger partial charge in [-0.3, -0.25) is 4.79 Å². The van der Waals surface area contributed by atoms with Crippen molar-refractivity contribution >= 4 is 17.2 Å². The van der Waals surface area contributed by atoms with Crippen molar-refractivity contribution in [3.63, 3.8) is 0 Å². The lowest BCUT2D eigenvalue weighted by molar-refractivity contribution is -0.119. The van der Waals surface area contributed by atoms with Gasteiger partial charge in [-0.05, 0) is 29.1 Å². The number of hydrogen-bond donors (Lipinski definition) is 2. The minimum Gasteiger partial charge on any atom is -0.358 e. The maximum Gasteiger partial charge on any atom is 0.233 e. The standard InChI is InChI=1S/C14H15FN2OS/c1-16-14(18)9-17-8-10-4-5-12(15)11(7-10)13-3-2-6-19-13/h2-7,17H,8-9H2,1H3,(H,16,18). The number of thiophene rings is 1. The number of amides is 1. The molecule has 0 spiro atoms. The van der Waals surface area contributed by atoms with Crippen LogP contribution in [0, 0.1) is 5.82 Å². The van der Waals surface area contributed by atoms with E-state index in [-0.39, 0.29) is 18.3 Å². The van der Waals surface area contributed by atoms with E-state index in [9.17, 15) is 9.18 Å². The van der Waals surface area contributed by atoms with E-state index >= 15 is 0 Å². The van der Waals surface area contributed by atoms with Crippen LogP contribution in [0.1, 0.15) is 5.56 Å². The first kappa shape index (κ1) is 13.7. The number of rotatable bonds is 5. The molecule has 1 aromatic carbocycles. The summed E-state index contributed by atoms with van der Waals surface area (Å²) in [6.07, 6.45) is 0. The largest absolute Gasteiger partial charge is 0.358 e. The minimum absolute atomic E-state index is 0.0689. The number of halogens is 1. The van der Waals surface area contributed by atoms with Crippen LogP contribution < -0.4 is 10.6 Å². The molecular formula is C14H15FN2OS. The monoisotopic (exact) mass is 278 g/mol. The van der Waals surface area contributed by atoms with Gasteiger partial charge in [-0.15, -0.1) is 11.3 Å². The van der Waals surface area contributed by atoms with Crippen molar-refractivity contribution in [1.29, 1.82) is 0 Å². The fraction of sp³-hybridized carbons (Fsp3) is 0.214. The van der Waals surface area contributed by atoms with Crippen molar-refractivity contribution in [3.05, 3.63) is 47.1 Å². The summed E-state index contributed by atoms with van der Waals surface area (Å²) in [6, 6.07) is 8.80. The van der Waals surface area contributed by atoms with Crippen molar-refractivity contribution in [2.24, 2.45) is 0 Å². The van der Waals surface area contributed by atoms with E-state index in [4.69, 9.17) is 0 Å². The molecule has 1 aromatic heterocycles. The predicted molar refractivity (Wildman–Crippen MR) is 75.5 cm³/mol. The van der Waals surface area contributed by atoms with Crippen LogP contribution >= 0.6 is 11.3 Å². The van der Waals surface area contributed by atoms with Crippen LogP contribution in [0.3, 0.4) is 0 Å². The van der Waals surface area contributed by atoms with E-state index in [1.54, 1.807) is 13.1 Å². The highest BCUT2D eigenvalue weighted by atomic mass is 32.1. The zero-order valence-corrected chi connectivity index (χ0v) is 11.4. The molecule has 19 heavy (non-hydrogen) atoms. The molecule has 0 atom stereocenters. The second kappa shape index (κ2) is 6.45. The van der Waals surface area contributed by atoms with Crippen molar-refractivity contribution in [2.45, 2.75) is 6.54 Å². The molecule has 0 bridgehead atoms. The molecule has 0 radical (unpaired) electrons. The number of hydrogen-bond acceptors (Lipinski definition) is 3. The molecule has 0 aliphatic heterocycles. The van der Waals surface area contributed by atoms with Gasteiger partial charge in [0, 0.05) is 24.0 Å². The average Bonchev–Trinajstić information content (AvgIpc) is 2.94. The van der Waals surface area contributed by atoms with Gasteiger partial charge in [0.05, 0.1) is 6.54 Å². The first-order chi connectivity index (χ1) is 9.20. The molecule has 100 valence electrons. The lowest BCUT2D eigenvalue weighted by Crippen LogP contribution is -2.30. The third kappa shape index (κ3) is 3.62. The summed E-state index contributed by atoms with van der Waals surface area (Å²) >= 11 is 1.51. The first-order valence-electron chi connectivity index (χ1n) is 5.94. The molecule has 0 saturated heterocycles. The molecule has 2 aromatic rings. The number of carbonyl (C=O) groups excluding carboxylic acids is 1. The van der Waals surface area contributed by atoms with Crippen molar-refractivity contribution < 1.29 is 9.18 Å². The minimum atomic E-state index is -0.225. The van der Waals surface area contributed by atoms with Crippen molar-refractivity contribution in [1.82, 2.24) is 10.6 Å². The molecule has 2 N–H and O–H groups in total. The lowest BCUT2D eigenvalue weighted by atomic mass is 10.1. The highest BCUT2D eigenvalue weighted by Crippen LogP contribution is 2.28. The van der Waals surface area contributed by atoms with Crippen LogP contribution in [0.4, 0.5) is 4.39 Å². The van der Waals surface area contributed by atoms with Gasteiger partial charge in [0.1, 0.15) is 5.82 Å². The van der Waals surface area contributed by atoms with E-state index in [2.05, 4.69) is 10.6 Å². The Morgan fingerprint density at radius 3 is 2.89 bits per heavy atom. The third-order valence-corrected chi connectivity index (χ3v) is 3.61. The molecule has 0 unspecified atom stereocenters. The molecule has 1 heterocycles. The highest BCUT2D eigenvalue weighted by Gasteiger charge is 2.07. The molecule has 2 rings (SSSR count). The Bertz CT molecular complexity index is 555. The molecule has 0 saturated carbocycles. The van der Waals surface area contributed by atoms with E-state index in [0.29, 0.717) is 12.1 Å². The van der Waals surface area contributed by atoms with E-state index < -0.39 is 0 Å². The Hall–Kier alpha value is -1.72. The summed E-state index contributed by atoms with van der Waals surface area (Å²) in [5.74, 6) is -0.293. The third-order valence-electron chi connectivity index (χ3n) is 2.71. The molecule has 0 aliphatic rings. The first-order valence-corrected chi connectivity index (χ1v) is 6.82. The Morgan fingerprint density at radius 1 is 1.37 bits per heavy atom. The quantitative estimate of drug-likeness (QED) is 0.881. The zero-order chi connectivity index (χ0) is 13.7. The Balaban J connectivity index is 2.07. The van der Waals surface area contributed by atoms with E-state index in [1.165, 1.54) is 17.4 Å². The summed E-state index contributed by atoms with van der Waals surface area (Å²) in [7, 11) is 1.59. The normalized spacial score (nSPS) is 10.4. The van der Waals surface area contributed by atoms with Crippen LogP contribution in [0.25, 0.3) is 10.4 Å². The number of carbonyl (C=O) groups is 1. The van der Waals surface area contributed by atoms with Gasteiger partial charge in [0.15, 0.2) is 0 Å². The van der Waals surface area contributed by atoms with Crippen LogP contribution in [0.15, 0.2) is 35.7 Å². The second-order valence-corrected chi connectivity index (χ2v) is 5.02. The van der Waals surface area contributed by atoms with Crippen molar-refractivity contribution in [3.8, 4) is 10.4 Å². The van der Waals surface area contributed by atoms with Crippen molar-refractivity contribution in [2.75, 3.05) is 13.6 Å². The SMILES string of the molecule is CNC(=O)CNCc1ccc(F)c(-c2cccs2)c1. The van der Waals surface area contributed by atoms with E-state index in [0.717, 1.165) is 10.4 Å². The van der Waals surface area contributed by atoms with E-state index in [1.807, 2.05) is 23.6 Å². The topological polar surface area (TPSA) is 41.1 Å². The van der Waals surface area contributed by atoms with Gasteiger partial charge in [0.2, 0.25) is 5.91 Å². The Morgan fingerprint density at radius 2 is 2.21 bits per heavy atom. The van der Waals surface area contributed by atoms with Crippen LogP contribution in [-0.4, -0.2) is 19.5 Å². The van der Waals surface area contributed by atoms with Gasteiger partial charge in [-0.25, -0.2) is 4.39 Å². The molecule has 1 amide bonds. The van der Waals surface area contributed by atoms with Crippen LogP contribution in [-0.2, 0) is 11.3 Å². The molecular weight excluding hydrogens is 263 g/mol. The summed E-state index contributed by atoms with van der Waals surface area (Å²) in [4.78, 5) is 12.0. The van der Waals surface area contributed by atoms with Gasteiger partial charge in [-0.2, -0.15) is 0 Å². The van der Waals surface area contributed by atoms with Gasteiger partial charge in [-0.1, -0.05) is 12.1 Å². The second-order valence-electron chi connectivity index (χ2n) is 4.07. The molecule has 5 heteroatoms. The van der Waals surface area contributed by atoms with Gasteiger partial charge < -0.3 is 10.6 Å². The van der Waals surface area contributed by atoms with Crippen LogP contribution in [0.5, 0.6) is 0 Å². The fourth-order valence-corrected chi connectivity index (χ4v) is 2.46. The predicted octanol–water partition coefficient (Wildman–Crippen LogP) is 2.39. The average molecular weight is 278 g/mol.